The molecule has 1 aromatic carbocycles. The van der Waals surface area contributed by atoms with Crippen LogP contribution in [0, 0.1) is 18.7 Å². The molecule has 106 valence electrons. The number of halogens is 1. The molecule has 0 spiro atoms. The van der Waals surface area contributed by atoms with Crippen molar-refractivity contribution in [3.8, 4) is 0 Å². The molecule has 0 aliphatic rings. The second-order valence-electron chi connectivity index (χ2n) is 5.39. The Morgan fingerprint density at radius 2 is 2.05 bits per heavy atom. The van der Waals surface area contributed by atoms with E-state index in [0.717, 1.165) is 6.42 Å². The molecular formula is C15H23FN2O. The molecule has 3 nitrogen and oxygen atoms in total. The van der Waals surface area contributed by atoms with Crippen molar-refractivity contribution < 1.29 is 9.18 Å². The molecule has 1 unspecified atom stereocenters. The number of hydrogen-bond donors (Lipinski definition) is 1. The Labute approximate surface area is 114 Å². The summed E-state index contributed by atoms with van der Waals surface area (Å²) in [6, 6.07) is 4.64. The van der Waals surface area contributed by atoms with Crippen LogP contribution in [-0.4, -0.2) is 30.4 Å². The summed E-state index contributed by atoms with van der Waals surface area (Å²) < 4.78 is 13.4. The molecular weight excluding hydrogens is 243 g/mol. The molecule has 0 bridgehead atoms. The Morgan fingerprint density at radius 1 is 1.42 bits per heavy atom. The first-order chi connectivity index (χ1) is 8.82. The van der Waals surface area contributed by atoms with E-state index < -0.39 is 0 Å². The van der Waals surface area contributed by atoms with Crippen LogP contribution < -0.4 is 5.73 Å². The Morgan fingerprint density at radius 3 is 2.58 bits per heavy atom. The lowest BCUT2D eigenvalue weighted by atomic mass is 10.0. The third kappa shape index (κ3) is 4.31. The molecule has 1 rings (SSSR count). The summed E-state index contributed by atoms with van der Waals surface area (Å²) in [4.78, 5) is 13.7. The highest BCUT2D eigenvalue weighted by molar-refractivity contribution is 5.94. The van der Waals surface area contributed by atoms with Crippen LogP contribution in [0.1, 0.15) is 36.2 Å². The van der Waals surface area contributed by atoms with Crippen molar-refractivity contribution in [1.82, 2.24) is 4.90 Å². The number of hydrogen-bond acceptors (Lipinski definition) is 2. The maximum absolute atomic E-state index is 13.4. The summed E-state index contributed by atoms with van der Waals surface area (Å²) in [5.41, 5.74) is 6.87. The van der Waals surface area contributed by atoms with Crippen molar-refractivity contribution in [1.29, 1.82) is 0 Å². The number of amides is 1. The van der Waals surface area contributed by atoms with E-state index in [4.69, 9.17) is 5.73 Å². The van der Waals surface area contributed by atoms with Gasteiger partial charge < -0.3 is 10.6 Å². The number of aryl methyl sites for hydroxylation is 1. The molecule has 0 aliphatic carbocycles. The van der Waals surface area contributed by atoms with Crippen LogP contribution in [0.5, 0.6) is 0 Å². The maximum atomic E-state index is 13.4. The second-order valence-corrected chi connectivity index (χ2v) is 5.39. The molecule has 0 fully saturated rings. The number of nitrogens with zero attached hydrogens (tertiary/aromatic N) is 1. The summed E-state index contributed by atoms with van der Waals surface area (Å²) in [6.45, 7) is 6.37. The molecule has 0 heterocycles. The molecule has 0 radical (unpaired) electrons. The topological polar surface area (TPSA) is 46.3 Å². The van der Waals surface area contributed by atoms with Crippen LogP contribution in [0.4, 0.5) is 4.39 Å². The lowest BCUT2D eigenvalue weighted by Crippen LogP contribution is -2.34. The van der Waals surface area contributed by atoms with Gasteiger partial charge in [-0.05, 0) is 37.0 Å². The van der Waals surface area contributed by atoms with Gasteiger partial charge in [-0.15, -0.1) is 0 Å². The molecule has 4 heteroatoms. The lowest BCUT2D eigenvalue weighted by molar-refractivity contribution is 0.0788. The minimum Gasteiger partial charge on any atom is -0.342 e. The number of rotatable bonds is 5. The smallest absolute Gasteiger partial charge is 0.253 e. The Hall–Kier alpha value is -1.42. The van der Waals surface area contributed by atoms with Gasteiger partial charge in [0.1, 0.15) is 5.82 Å². The van der Waals surface area contributed by atoms with Crippen molar-refractivity contribution in [2.75, 3.05) is 13.6 Å². The van der Waals surface area contributed by atoms with Crippen molar-refractivity contribution in [2.45, 2.75) is 33.2 Å². The van der Waals surface area contributed by atoms with Crippen LogP contribution in [0.25, 0.3) is 0 Å². The zero-order valence-corrected chi connectivity index (χ0v) is 12.1. The van der Waals surface area contributed by atoms with Gasteiger partial charge in [-0.1, -0.05) is 19.9 Å². The fourth-order valence-corrected chi connectivity index (χ4v) is 1.72. The van der Waals surface area contributed by atoms with Crippen molar-refractivity contribution in [3.63, 3.8) is 0 Å². The van der Waals surface area contributed by atoms with E-state index in [1.807, 2.05) is 0 Å². The van der Waals surface area contributed by atoms with E-state index >= 15 is 0 Å². The number of carbonyl (C=O) groups is 1. The van der Waals surface area contributed by atoms with Gasteiger partial charge in [0.15, 0.2) is 0 Å². The minimum absolute atomic E-state index is 0.0741. The average Bonchev–Trinajstić information content (AvgIpc) is 2.37. The summed E-state index contributed by atoms with van der Waals surface area (Å²) in [7, 11) is 1.72. The van der Waals surface area contributed by atoms with E-state index in [-0.39, 0.29) is 17.8 Å². The van der Waals surface area contributed by atoms with Gasteiger partial charge in [0.2, 0.25) is 0 Å². The van der Waals surface area contributed by atoms with Crippen LogP contribution in [0.15, 0.2) is 18.2 Å². The van der Waals surface area contributed by atoms with Crippen LogP contribution in [-0.2, 0) is 0 Å². The zero-order chi connectivity index (χ0) is 14.6. The van der Waals surface area contributed by atoms with E-state index in [9.17, 15) is 9.18 Å². The van der Waals surface area contributed by atoms with Crippen molar-refractivity contribution in [2.24, 2.45) is 11.7 Å². The van der Waals surface area contributed by atoms with Gasteiger partial charge in [0.25, 0.3) is 5.91 Å². The quantitative estimate of drug-likeness (QED) is 0.890. The molecule has 0 aliphatic heterocycles. The third-order valence-corrected chi connectivity index (χ3v) is 3.42. The molecule has 0 saturated carbocycles. The largest absolute Gasteiger partial charge is 0.342 e. The SMILES string of the molecule is Cc1ccc(C(=O)N(C)CCC(N)C(C)C)cc1F. The first kappa shape index (κ1) is 15.6. The first-order valence-electron chi connectivity index (χ1n) is 6.60. The van der Waals surface area contributed by atoms with Gasteiger partial charge in [-0.2, -0.15) is 0 Å². The van der Waals surface area contributed by atoms with Crippen LogP contribution in [0.2, 0.25) is 0 Å². The summed E-state index contributed by atoms with van der Waals surface area (Å²) >= 11 is 0. The van der Waals surface area contributed by atoms with E-state index in [1.54, 1.807) is 31.0 Å². The highest BCUT2D eigenvalue weighted by atomic mass is 19.1. The highest BCUT2D eigenvalue weighted by Crippen LogP contribution is 2.12. The lowest BCUT2D eigenvalue weighted by Gasteiger charge is -2.21. The van der Waals surface area contributed by atoms with Gasteiger partial charge in [-0.25, -0.2) is 4.39 Å². The summed E-state index contributed by atoms with van der Waals surface area (Å²) in [5.74, 6) is -0.131. The Balaban J connectivity index is 2.64. The molecule has 2 N–H and O–H groups in total. The monoisotopic (exact) mass is 266 g/mol. The molecule has 19 heavy (non-hydrogen) atoms. The summed E-state index contributed by atoms with van der Waals surface area (Å²) in [5, 5.41) is 0. The van der Waals surface area contributed by atoms with E-state index in [2.05, 4.69) is 13.8 Å². The molecule has 0 saturated heterocycles. The first-order valence-corrected chi connectivity index (χ1v) is 6.60. The highest BCUT2D eigenvalue weighted by Gasteiger charge is 2.15. The zero-order valence-electron chi connectivity index (χ0n) is 12.1. The number of nitrogens with two attached hydrogens (primary N) is 1. The number of benzene rings is 1. The molecule has 1 atom stereocenters. The van der Waals surface area contributed by atoms with E-state index in [0.29, 0.717) is 23.6 Å². The molecule has 1 amide bonds. The number of carbonyl (C=O) groups excluding carboxylic acids is 1. The van der Waals surface area contributed by atoms with Crippen molar-refractivity contribution in [3.05, 3.63) is 35.1 Å². The van der Waals surface area contributed by atoms with Crippen LogP contribution >= 0.6 is 0 Å². The Bertz CT molecular complexity index is 446. The molecule has 0 aromatic heterocycles. The van der Waals surface area contributed by atoms with E-state index in [1.165, 1.54) is 6.07 Å². The fraction of sp³-hybridized carbons (Fsp3) is 0.533. The van der Waals surface area contributed by atoms with Crippen LogP contribution in [0.3, 0.4) is 0 Å². The van der Waals surface area contributed by atoms with Gasteiger partial charge in [0, 0.05) is 25.2 Å². The standard InChI is InChI=1S/C15H23FN2O/c1-10(2)14(17)7-8-18(4)15(19)12-6-5-11(3)13(16)9-12/h5-6,9-10,14H,7-8,17H2,1-4H3. The predicted octanol–water partition coefficient (Wildman–Crippen LogP) is 2.58. The van der Waals surface area contributed by atoms with Crippen molar-refractivity contribution >= 4 is 5.91 Å². The van der Waals surface area contributed by atoms with Gasteiger partial charge in [-0.3, -0.25) is 4.79 Å². The van der Waals surface area contributed by atoms with Gasteiger partial charge in [0.05, 0.1) is 0 Å². The Kier molecular flexibility index (Phi) is 5.48. The third-order valence-electron chi connectivity index (χ3n) is 3.42. The predicted molar refractivity (Wildman–Crippen MR) is 75.5 cm³/mol. The minimum atomic E-state index is -0.349. The maximum Gasteiger partial charge on any atom is 0.253 e. The summed E-state index contributed by atoms with van der Waals surface area (Å²) in [6.07, 6.45) is 0.744. The average molecular weight is 266 g/mol. The normalized spacial score (nSPS) is 12.6. The fourth-order valence-electron chi connectivity index (χ4n) is 1.72. The second kappa shape index (κ2) is 6.66. The van der Waals surface area contributed by atoms with Gasteiger partial charge >= 0.3 is 0 Å². The molecule has 1 aromatic rings.